The SMILES string of the molecule is CC(=O)c1nn(CC(=O)N2C[C@H](F)C[C@H]2C(=O)NCC23C4C5C6C4C2C6C53)c2ccccc12. The molecule has 7 nitrogen and oxygen atoms in total. The molecule has 0 unspecified atom stereocenters. The van der Waals surface area contributed by atoms with Crippen LogP contribution < -0.4 is 5.32 Å². The van der Waals surface area contributed by atoms with Crippen LogP contribution in [0.15, 0.2) is 24.3 Å². The van der Waals surface area contributed by atoms with Crippen LogP contribution in [0.4, 0.5) is 4.39 Å². The van der Waals surface area contributed by atoms with Gasteiger partial charge < -0.3 is 10.2 Å². The highest BCUT2D eigenvalue weighted by Crippen LogP contribution is 3.05. The molecule has 33 heavy (non-hydrogen) atoms. The van der Waals surface area contributed by atoms with Crippen LogP contribution in [0, 0.1) is 46.8 Å². The van der Waals surface area contributed by atoms with Gasteiger partial charge in [0.2, 0.25) is 11.8 Å². The molecule has 2 aromatic rings. The fraction of sp³-hybridized carbons (Fsp3) is 0.600. The molecule has 170 valence electrons. The van der Waals surface area contributed by atoms with Crippen LogP contribution in [0.2, 0.25) is 0 Å². The number of Topliss-reactive ketones (excluding diaryl/α,β-unsaturated/α-hetero) is 1. The zero-order valence-electron chi connectivity index (χ0n) is 18.3. The summed E-state index contributed by atoms with van der Waals surface area (Å²) in [5.41, 5.74) is 1.34. The number of rotatable bonds is 6. The average molecular weight is 448 g/mol. The third-order valence-electron chi connectivity index (χ3n) is 10.4. The number of ketones is 1. The fourth-order valence-electron chi connectivity index (χ4n) is 9.42. The molecule has 2 amide bonds. The Labute approximate surface area is 189 Å². The first-order chi connectivity index (χ1) is 15.9. The maximum absolute atomic E-state index is 14.4. The zero-order chi connectivity index (χ0) is 22.4. The number of nitrogens with one attached hydrogen (secondary N) is 1. The third-order valence-corrected chi connectivity index (χ3v) is 10.4. The molecule has 0 spiro atoms. The number of para-hydroxylation sites is 1. The van der Waals surface area contributed by atoms with Crippen molar-refractivity contribution in [3.8, 4) is 0 Å². The molecule has 7 fully saturated rings. The fourth-order valence-corrected chi connectivity index (χ4v) is 9.42. The molecule has 2 atom stereocenters. The Balaban J connectivity index is 0.987. The van der Waals surface area contributed by atoms with Gasteiger partial charge in [-0.25, -0.2) is 4.39 Å². The van der Waals surface area contributed by atoms with E-state index in [0.29, 0.717) is 28.6 Å². The number of carbonyl (C=O) groups is 3. The van der Waals surface area contributed by atoms with Crippen LogP contribution in [0.1, 0.15) is 23.8 Å². The Morgan fingerprint density at radius 3 is 2.52 bits per heavy atom. The van der Waals surface area contributed by atoms with E-state index in [1.807, 2.05) is 12.1 Å². The summed E-state index contributed by atoms with van der Waals surface area (Å²) in [5.74, 6) is 5.62. The molecule has 1 aliphatic heterocycles. The lowest BCUT2D eigenvalue weighted by molar-refractivity contribution is -0.612. The number of likely N-dealkylation sites (tertiary alicyclic amines) is 1. The first kappa shape index (κ1) is 18.6. The highest BCUT2D eigenvalue weighted by molar-refractivity contribution is 6.05. The van der Waals surface area contributed by atoms with E-state index in [-0.39, 0.29) is 37.1 Å². The van der Waals surface area contributed by atoms with Crippen molar-refractivity contribution in [1.82, 2.24) is 20.0 Å². The quantitative estimate of drug-likeness (QED) is 0.682. The van der Waals surface area contributed by atoms with Crippen molar-refractivity contribution in [3.63, 3.8) is 0 Å². The van der Waals surface area contributed by atoms with E-state index in [4.69, 9.17) is 0 Å². The van der Waals surface area contributed by atoms with E-state index in [1.54, 1.807) is 12.1 Å². The van der Waals surface area contributed by atoms with Gasteiger partial charge in [-0.2, -0.15) is 5.10 Å². The van der Waals surface area contributed by atoms with Crippen molar-refractivity contribution in [1.29, 1.82) is 0 Å². The van der Waals surface area contributed by atoms with Crippen molar-refractivity contribution in [3.05, 3.63) is 30.0 Å². The second kappa shape index (κ2) is 5.65. The van der Waals surface area contributed by atoms with E-state index >= 15 is 0 Å². The number of hydrogen-bond acceptors (Lipinski definition) is 4. The zero-order valence-corrected chi connectivity index (χ0v) is 18.3. The van der Waals surface area contributed by atoms with Gasteiger partial charge >= 0.3 is 0 Å². The molecule has 2 heterocycles. The normalized spacial score (nSPS) is 44.2. The molecule has 0 bridgehead atoms. The lowest BCUT2D eigenvalue weighted by atomic mass is 8.96. The van der Waals surface area contributed by atoms with Crippen molar-refractivity contribution in [2.24, 2.45) is 46.8 Å². The molecule has 8 heteroatoms. The molecule has 0 radical (unpaired) electrons. The van der Waals surface area contributed by atoms with Crippen LogP contribution in [0.25, 0.3) is 10.9 Å². The lowest BCUT2D eigenvalue weighted by Crippen LogP contribution is -3.06. The van der Waals surface area contributed by atoms with Gasteiger partial charge in [0.25, 0.3) is 0 Å². The predicted octanol–water partition coefficient (Wildman–Crippen LogP) is 1.66. The number of fused-ring (bicyclic) bond motifs is 1. The summed E-state index contributed by atoms with van der Waals surface area (Å²) in [7, 11) is 0. The summed E-state index contributed by atoms with van der Waals surface area (Å²) in [6.07, 6.45) is -1.18. The molecule has 1 aromatic carbocycles. The highest BCUT2D eigenvalue weighted by Gasteiger charge is 3.03. The van der Waals surface area contributed by atoms with E-state index in [0.717, 1.165) is 41.4 Å². The summed E-state index contributed by atoms with van der Waals surface area (Å²) >= 11 is 0. The smallest absolute Gasteiger partial charge is 0.245 e. The maximum Gasteiger partial charge on any atom is 0.245 e. The van der Waals surface area contributed by atoms with Crippen LogP contribution in [-0.4, -0.2) is 57.6 Å². The van der Waals surface area contributed by atoms with Gasteiger partial charge in [-0.3, -0.25) is 19.1 Å². The Bertz CT molecular complexity index is 1230. The number of hydrogen-bond donors (Lipinski definition) is 1. The third kappa shape index (κ3) is 1.85. The molecule has 1 saturated heterocycles. The summed E-state index contributed by atoms with van der Waals surface area (Å²) in [4.78, 5) is 39.6. The largest absolute Gasteiger partial charge is 0.354 e. The molecule has 7 aliphatic rings. The summed E-state index contributed by atoms with van der Waals surface area (Å²) < 4.78 is 15.8. The van der Waals surface area contributed by atoms with Gasteiger partial charge in [-0.05, 0) is 52.9 Å². The summed E-state index contributed by atoms with van der Waals surface area (Å²) in [6.45, 7) is 1.93. The van der Waals surface area contributed by atoms with E-state index in [9.17, 15) is 18.8 Å². The van der Waals surface area contributed by atoms with Crippen LogP contribution in [-0.2, 0) is 16.1 Å². The Hall–Kier alpha value is -2.77. The molecular weight excluding hydrogens is 423 g/mol. The number of carbonyl (C=O) groups excluding carboxylic acids is 3. The minimum atomic E-state index is -1.21. The lowest BCUT2D eigenvalue weighted by Gasteiger charge is -3.08. The topological polar surface area (TPSA) is 84.3 Å². The minimum Gasteiger partial charge on any atom is -0.354 e. The number of nitrogens with zero attached hydrogens (tertiary/aromatic N) is 3. The highest BCUT2D eigenvalue weighted by atomic mass is 19.1. The second-order valence-corrected chi connectivity index (χ2v) is 11.2. The molecule has 1 aromatic heterocycles. The van der Waals surface area contributed by atoms with E-state index < -0.39 is 12.2 Å². The molecule has 6 saturated carbocycles. The Morgan fingerprint density at radius 2 is 1.82 bits per heavy atom. The minimum absolute atomic E-state index is 0.0371. The number of benzene rings is 1. The van der Waals surface area contributed by atoms with Crippen molar-refractivity contribution in [2.45, 2.75) is 32.1 Å². The number of aromatic nitrogens is 2. The molecule has 6 aliphatic carbocycles. The maximum atomic E-state index is 14.4. The summed E-state index contributed by atoms with van der Waals surface area (Å²) in [5, 5.41) is 8.14. The van der Waals surface area contributed by atoms with Gasteiger partial charge in [0, 0.05) is 25.3 Å². The van der Waals surface area contributed by atoms with E-state index in [1.165, 1.54) is 16.5 Å². The molecular formula is C25H25FN4O3. The van der Waals surface area contributed by atoms with Crippen molar-refractivity contribution in [2.75, 3.05) is 13.1 Å². The van der Waals surface area contributed by atoms with Gasteiger partial charge in [-0.1, -0.05) is 18.2 Å². The van der Waals surface area contributed by atoms with Gasteiger partial charge in [0.15, 0.2) is 5.78 Å². The van der Waals surface area contributed by atoms with Gasteiger partial charge in [0.05, 0.1) is 12.1 Å². The first-order valence-corrected chi connectivity index (χ1v) is 12.1. The van der Waals surface area contributed by atoms with Crippen LogP contribution in [0.5, 0.6) is 0 Å². The van der Waals surface area contributed by atoms with Crippen molar-refractivity contribution >= 4 is 28.5 Å². The molecule has 1 N–H and O–H groups in total. The monoisotopic (exact) mass is 448 g/mol. The number of halogens is 1. The average Bonchev–Trinajstić information content (AvgIpc) is 3.39. The molecule has 9 rings (SSSR count). The van der Waals surface area contributed by atoms with E-state index in [2.05, 4.69) is 10.4 Å². The first-order valence-electron chi connectivity index (χ1n) is 12.1. The number of amides is 2. The van der Waals surface area contributed by atoms with Gasteiger partial charge in [0.1, 0.15) is 24.5 Å². The standard InChI is InChI=1S/C25H25FN4O3/c1-10(31)23-12-4-2-3-5-13(12)30(28-23)8-15(32)29-7-11(26)6-14(29)24(33)27-9-25-20-17-16-18(20)22(25)19(16)21(17)25/h2-5,11,14,16-22H,6-9H2,1H3,(H,27,33)/t11-,14+,16?,17?,18?,19?,20?,21?,22?,25?/m1/s1. The Morgan fingerprint density at radius 1 is 1.12 bits per heavy atom. The summed E-state index contributed by atoms with van der Waals surface area (Å²) in [6, 6.07) is 6.46. The van der Waals surface area contributed by atoms with Crippen LogP contribution >= 0.6 is 0 Å². The predicted molar refractivity (Wildman–Crippen MR) is 115 cm³/mol. The van der Waals surface area contributed by atoms with Gasteiger partial charge in [-0.15, -0.1) is 0 Å². The van der Waals surface area contributed by atoms with Crippen molar-refractivity contribution < 1.29 is 18.8 Å². The number of alkyl halides is 1. The second-order valence-electron chi connectivity index (χ2n) is 11.2. The Kier molecular flexibility index (Phi) is 3.19. The van der Waals surface area contributed by atoms with Crippen LogP contribution in [0.3, 0.4) is 0 Å².